The molecule has 0 bridgehead atoms. The Balaban J connectivity index is 2.49. The van der Waals surface area contributed by atoms with Crippen LogP contribution >= 0.6 is 0 Å². The molecule has 1 aromatic rings. The van der Waals surface area contributed by atoms with E-state index in [1.54, 1.807) is 14.2 Å². The summed E-state index contributed by atoms with van der Waals surface area (Å²) < 4.78 is 16.1. The summed E-state index contributed by atoms with van der Waals surface area (Å²) >= 11 is 0. The number of aliphatic hydroxyl groups excluding tert-OH is 1. The molecular formula is C18H31NO4. The van der Waals surface area contributed by atoms with Crippen molar-refractivity contribution in [1.82, 2.24) is 4.90 Å². The summed E-state index contributed by atoms with van der Waals surface area (Å²) in [6, 6.07) is 7.98. The number of ether oxygens (including phenoxy) is 3. The monoisotopic (exact) mass is 325 g/mol. The summed E-state index contributed by atoms with van der Waals surface area (Å²) in [7, 11) is 3.35. The van der Waals surface area contributed by atoms with Crippen LogP contribution < -0.4 is 4.74 Å². The van der Waals surface area contributed by atoms with Crippen LogP contribution in [0.4, 0.5) is 0 Å². The molecule has 0 aliphatic rings. The van der Waals surface area contributed by atoms with Crippen molar-refractivity contribution in [2.24, 2.45) is 0 Å². The Labute approximate surface area is 140 Å². The van der Waals surface area contributed by atoms with Gasteiger partial charge in [0.1, 0.15) is 18.5 Å². The van der Waals surface area contributed by atoms with E-state index in [1.165, 1.54) is 0 Å². The molecule has 0 amide bonds. The van der Waals surface area contributed by atoms with E-state index in [0.717, 1.165) is 24.4 Å². The largest absolute Gasteiger partial charge is 0.491 e. The molecule has 0 radical (unpaired) electrons. The number of hydrogen-bond acceptors (Lipinski definition) is 5. The third-order valence-electron chi connectivity index (χ3n) is 3.66. The van der Waals surface area contributed by atoms with Gasteiger partial charge in [-0.25, -0.2) is 0 Å². The SMILES string of the molecule is COCCN(CCOC)C[C@H](O)COc1ccccc1C(C)C. The zero-order valence-electron chi connectivity index (χ0n) is 14.8. The first-order chi connectivity index (χ1) is 11.1. The number of aliphatic hydroxyl groups is 1. The molecule has 5 nitrogen and oxygen atoms in total. The lowest BCUT2D eigenvalue weighted by molar-refractivity contribution is 0.0457. The third kappa shape index (κ3) is 7.79. The zero-order chi connectivity index (χ0) is 17.1. The van der Waals surface area contributed by atoms with Gasteiger partial charge in [-0.3, -0.25) is 4.90 Å². The minimum absolute atomic E-state index is 0.278. The molecule has 1 atom stereocenters. The number of para-hydroxylation sites is 1. The van der Waals surface area contributed by atoms with Gasteiger partial charge in [0.05, 0.1) is 13.2 Å². The van der Waals surface area contributed by atoms with Gasteiger partial charge in [-0.05, 0) is 17.5 Å². The van der Waals surface area contributed by atoms with Gasteiger partial charge in [-0.2, -0.15) is 0 Å². The van der Waals surface area contributed by atoms with Crippen LogP contribution in [-0.2, 0) is 9.47 Å². The molecule has 0 spiro atoms. The summed E-state index contributed by atoms with van der Waals surface area (Å²) in [5.74, 6) is 1.24. The van der Waals surface area contributed by atoms with Crippen LogP contribution in [0.2, 0.25) is 0 Å². The van der Waals surface area contributed by atoms with Crippen LogP contribution in [0, 0.1) is 0 Å². The van der Waals surface area contributed by atoms with Crippen molar-refractivity contribution >= 4 is 0 Å². The van der Waals surface area contributed by atoms with Crippen molar-refractivity contribution in [3.8, 4) is 5.75 Å². The van der Waals surface area contributed by atoms with Gasteiger partial charge in [0.15, 0.2) is 0 Å². The first-order valence-corrected chi connectivity index (χ1v) is 8.18. The predicted octanol–water partition coefficient (Wildman–Crippen LogP) is 2.14. The molecule has 0 saturated carbocycles. The molecule has 132 valence electrons. The normalized spacial score (nSPS) is 12.8. The van der Waals surface area contributed by atoms with Crippen molar-refractivity contribution in [2.45, 2.75) is 25.9 Å². The molecule has 0 heterocycles. The topological polar surface area (TPSA) is 51.2 Å². The molecule has 1 rings (SSSR count). The van der Waals surface area contributed by atoms with Gasteiger partial charge < -0.3 is 19.3 Å². The maximum Gasteiger partial charge on any atom is 0.122 e. The fourth-order valence-electron chi connectivity index (χ4n) is 2.36. The number of rotatable bonds is 12. The van der Waals surface area contributed by atoms with E-state index in [4.69, 9.17) is 14.2 Å². The highest BCUT2D eigenvalue weighted by Gasteiger charge is 2.14. The molecule has 0 unspecified atom stereocenters. The van der Waals surface area contributed by atoms with Crippen molar-refractivity contribution in [3.63, 3.8) is 0 Å². The second kappa shape index (κ2) is 11.4. The van der Waals surface area contributed by atoms with E-state index in [0.29, 0.717) is 25.7 Å². The molecule has 1 N–H and O–H groups in total. The Hall–Kier alpha value is -1.14. The van der Waals surface area contributed by atoms with E-state index in [2.05, 4.69) is 24.8 Å². The van der Waals surface area contributed by atoms with Gasteiger partial charge in [0.25, 0.3) is 0 Å². The molecule has 0 aliphatic heterocycles. The lowest BCUT2D eigenvalue weighted by Gasteiger charge is -2.25. The van der Waals surface area contributed by atoms with Crippen LogP contribution in [0.15, 0.2) is 24.3 Å². The number of benzene rings is 1. The lowest BCUT2D eigenvalue weighted by Crippen LogP contribution is -2.39. The van der Waals surface area contributed by atoms with Crippen LogP contribution in [-0.4, -0.2) is 69.8 Å². The Morgan fingerprint density at radius 2 is 1.65 bits per heavy atom. The number of hydrogen-bond donors (Lipinski definition) is 1. The van der Waals surface area contributed by atoms with Gasteiger partial charge in [0.2, 0.25) is 0 Å². The summed E-state index contributed by atoms with van der Waals surface area (Å²) in [5.41, 5.74) is 1.16. The molecule has 23 heavy (non-hydrogen) atoms. The Kier molecular flexibility index (Phi) is 9.87. The molecule has 1 aromatic carbocycles. The van der Waals surface area contributed by atoms with E-state index >= 15 is 0 Å². The van der Waals surface area contributed by atoms with Crippen molar-refractivity contribution in [1.29, 1.82) is 0 Å². The van der Waals surface area contributed by atoms with Gasteiger partial charge in [-0.1, -0.05) is 32.0 Å². The lowest BCUT2D eigenvalue weighted by atomic mass is 10.0. The Morgan fingerprint density at radius 3 is 2.22 bits per heavy atom. The maximum atomic E-state index is 10.3. The number of nitrogens with zero attached hydrogens (tertiary/aromatic N) is 1. The van der Waals surface area contributed by atoms with E-state index < -0.39 is 6.10 Å². The summed E-state index contributed by atoms with van der Waals surface area (Å²) in [5, 5.41) is 10.3. The minimum atomic E-state index is -0.552. The fraction of sp³-hybridized carbons (Fsp3) is 0.667. The van der Waals surface area contributed by atoms with Crippen LogP contribution in [0.1, 0.15) is 25.3 Å². The molecular weight excluding hydrogens is 294 g/mol. The standard InChI is InChI=1S/C18H31NO4/c1-15(2)17-7-5-6-8-18(17)23-14-16(20)13-19(9-11-21-3)10-12-22-4/h5-8,15-16,20H,9-14H2,1-4H3/t16-/m0/s1. The average molecular weight is 325 g/mol. The molecule has 0 fully saturated rings. The molecule has 0 aliphatic carbocycles. The summed E-state index contributed by atoms with van der Waals surface area (Å²) in [6.45, 7) is 7.88. The van der Waals surface area contributed by atoms with E-state index in [1.807, 2.05) is 18.2 Å². The van der Waals surface area contributed by atoms with Crippen molar-refractivity contribution in [3.05, 3.63) is 29.8 Å². The van der Waals surface area contributed by atoms with Crippen LogP contribution in [0.25, 0.3) is 0 Å². The molecule has 0 aromatic heterocycles. The number of methoxy groups -OCH3 is 2. The Bertz CT molecular complexity index is 417. The second-order valence-electron chi connectivity index (χ2n) is 5.94. The van der Waals surface area contributed by atoms with Gasteiger partial charge in [0, 0.05) is 33.9 Å². The van der Waals surface area contributed by atoms with E-state index in [9.17, 15) is 5.11 Å². The molecule has 5 heteroatoms. The highest BCUT2D eigenvalue weighted by atomic mass is 16.5. The first-order valence-electron chi connectivity index (χ1n) is 8.18. The summed E-state index contributed by atoms with van der Waals surface area (Å²) in [6.07, 6.45) is -0.552. The van der Waals surface area contributed by atoms with Crippen LogP contribution in [0.3, 0.4) is 0 Å². The van der Waals surface area contributed by atoms with Gasteiger partial charge in [-0.15, -0.1) is 0 Å². The zero-order valence-corrected chi connectivity index (χ0v) is 14.8. The minimum Gasteiger partial charge on any atom is -0.491 e. The quantitative estimate of drug-likeness (QED) is 0.638. The average Bonchev–Trinajstić information content (AvgIpc) is 2.55. The predicted molar refractivity (Wildman–Crippen MR) is 92.2 cm³/mol. The second-order valence-corrected chi connectivity index (χ2v) is 5.94. The highest BCUT2D eigenvalue weighted by molar-refractivity contribution is 5.35. The Morgan fingerprint density at radius 1 is 1.04 bits per heavy atom. The van der Waals surface area contributed by atoms with Crippen LogP contribution in [0.5, 0.6) is 5.75 Å². The van der Waals surface area contributed by atoms with Crippen molar-refractivity contribution < 1.29 is 19.3 Å². The first kappa shape index (κ1) is 19.9. The third-order valence-corrected chi connectivity index (χ3v) is 3.66. The molecule has 0 saturated heterocycles. The van der Waals surface area contributed by atoms with E-state index in [-0.39, 0.29) is 6.61 Å². The van der Waals surface area contributed by atoms with Crippen molar-refractivity contribution in [2.75, 3.05) is 53.7 Å². The smallest absolute Gasteiger partial charge is 0.122 e. The summed E-state index contributed by atoms with van der Waals surface area (Å²) in [4.78, 5) is 2.12. The van der Waals surface area contributed by atoms with Gasteiger partial charge >= 0.3 is 0 Å². The maximum absolute atomic E-state index is 10.3. The fourth-order valence-corrected chi connectivity index (χ4v) is 2.36. The highest BCUT2D eigenvalue weighted by Crippen LogP contribution is 2.25.